The number of esters is 1. The van der Waals surface area contributed by atoms with Crippen LogP contribution in [-0.4, -0.2) is 46.9 Å². The predicted molar refractivity (Wildman–Crippen MR) is 296 cm³/mol. The highest BCUT2D eigenvalue weighted by Gasteiger charge is 2.24. The number of carbonyl (C=O) groups excluding carboxylic acids is 2. The van der Waals surface area contributed by atoms with Gasteiger partial charge in [-0.25, -0.2) is 0 Å². The molecule has 3 N–H and O–H groups in total. The molecule has 0 aliphatic carbocycles. The minimum absolute atomic E-state index is 0.0368. The van der Waals surface area contributed by atoms with E-state index in [9.17, 15) is 19.8 Å². The van der Waals surface area contributed by atoms with E-state index in [1.54, 1.807) is 0 Å². The molecule has 0 rings (SSSR count). The number of rotatable bonds is 53. The maximum Gasteiger partial charge on any atom is 0.306 e. The second kappa shape index (κ2) is 55.5. The van der Waals surface area contributed by atoms with Crippen molar-refractivity contribution < 1.29 is 24.5 Å². The fourth-order valence-electron chi connectivity index (χ4n) is 8.83. The first-order chi connectivity index (χ1) is 33.5. The normalized spacial score (nSPS) is 13.5. The summed E-state index contributed by atoms with van der Waals surface area (Å²) in [5, 5.41) is 23.9. The average Bonchev–Trinajstić information content (AvgIpc) is 3.33. The number of aliphatic hydroxyl groups is 2. The van der Waals surface area contributed by atoms with E-state index in [4.69, 9.17) is 4.74 Å². The molecule has 0 saturated heterocycles. The monoisotopic (exact) mass is 952 g/mol. The van der Waals surface area contributed by atoms with Gasteiger partial charge in [0.25, 0.3) is 0 Å². The molecule has 0 aromatic carbocycles. The van der Waals surface area contributed by atoms with Gasteiger partial charge in [-0.3, -0.25) is 9.59 Å². The van der Waals surface area contributed by atoms with Crippen LogP contribution in [0.3, 0.4) is 0 Å². The van der Waals surface area contributed by atoms with Crippen molar-refractivity contribution in [2.45, 2.75) is 315 Å². The lowest BCUT2D eigenvalue weighted by atomic mass is 10.0. The van der Waals surface area contributed by atoms with Crippen LogP contribution in [0, 0.1) is 0 Å². The maximum atomic E-state index is 13.3. The quantitative estimate of drug-likeness (QED) is 0.0321. The van der Waals surface area contributed by atoms with Crippen LogP contribution in [0.15, 0.2) is 60.8 Å². The Kier molecular flexibility index (Phi) is 53.5. The number of unbranched alkanes of at least 4 members (excludes halogenated alkanes) is 31. The largest absolute Gasteiger partial charge is 0.462 e. The Morgan fingerprint density at radius 3 is 1.21 bits per heavy atom. The van der Waals surface area contributed by atoms with Crippen molar-refractivity contribution in [3.63, 3.8) is 0 Å². The van der Waals surface area contributed by atoms with E-state index in [0.29, 0.717) is 19.3 Å². The third kappa shape index (κ3) is 50.0. The topological polar surface area (TPSA) is 95.9 Å². The van der Waals surface area contributed by atoms with Gasteiger partial charge in [-0.2, -0.15) is 0 Å². The van der Waals surface area contributed by atoms with Crippen LogP contribution in [-0.2, 0) is 14.3 Å². The molecule has 1 amide bonds. The fourth-order valence-corrected chi connectivity index (χ4v) is 8.83. The molecule has 3 atom stereocenters. The standard InChI is InChI=1S/C62H113NO5/c1-4-7-10-13-16-19-22-25-28-30-32-34-37-40-43-46-49-52-55-62(67)68-58(53-50-47-44-41-38-35-33-31-29-26-23-20-17-14-11-8-5-2)56-61(66)63-59(57-64)60(65)54-51-48-45-42-39-36-27-24-21-18-15-12-9-6-3/h17,20,26,29,32-35,41,44,58-60,64-65H,4-16,18-19,21-25,27-28,30-31,36-40,42-43,45-57H2,1-3H3,(H,63,66)/b20-17-,29-26-,34-32+,35-33-,44-41-. The molecule has 0 aromatic heterocycles. The number of carbonyl (C=O) groups is 2. The first-order valence-corrected chi connectivity index (χ1v) is 29.5. The molecule has 3 unspecified atom stereocenters. The molecule has 0 radical (unpaired) electrons. The van der Waals surface area contributed by atoms with Crippen LogP contribution < -0.4 is 5.32 Å². The first kappa shape index (κ1) is 65.6. The highest BCUT2D eigenvalue weighted by atomic mass is 16.5. The van der Waals surface area contributed by atoms with E-state index < -0.39 is 18.2 Å². The van der Waals surface area contributed by atoms with Crippen LogP contribution in [0.5, 0.6) is 0 Å². The number of allylic oxidation sites excluding steroid dienone is 10. The van der Waals surface area contributed by atoms with E-state index in [2.05, 4.69) is 86.8 Å². The zero-order valence-corrected chi connectivity index (χ0v) is 45.2. The molecule has 0 saturated carbocycles. The summed E-state index contributed by atoms with van der Waals surface area (Å²) in [5.41, 5.74) is 0. The summed E-state index contributed by atoms with van der Waals surface area (Å²) in [6.45, 7) is 6.46. The zero-order valence-electron chi connectivity index (χ0n) is 45.2. The molecule has 396 valence electrons. The van der Waals surface area contributed by atoms with E-state index in [-0.39, 0.29) is 24.9 Å². The summed E-state index contributed by atoms with van der Waals surface area (Å²) < 4.78 is 5.94. The van der Waals surface area contributed by atoms with Gasteiger partial charge in [0, 0.05) is 6.42 Å². The van der Waals surface area contributed by atoms with E-state index in [1.165, 1.54) is 173 Å². The number of hydrogen-bond acceptors (Lipinski definition) is 5. The van der Waals surface area contributed by atoms with Crippen LogP contribution in [0.25, 0.3) is 0 Å². The molecule has 0 aromatic rings. The van der Waals surface area contributed by atoms with Gasteiger partial charge in [-0.1, -0.05) is 255 Å². The Labute approximate surface area is 422 Å². The smallest absolute Gasteiger partial charge is 0.306 e. The summed E-state index contributed by atoms with van der Waals surface area (Å²) in [7, 11) is 0. The van der Waals surface area contributed by atoms with E-state index in [0.717, 1.165) is 77.0 Å². The lowest BCUT2D eigenvalue weighted by molar-refractivity contribution is -0.151. The van der Waals surface area contributed by atoms with Crippen LogP contribution in [0.4, 0.5) is 0 Å². The molecule has 0 spiro atoms. The minimum Gasteiger partial charge on any atom is -0.462 e. The van der Waals surface area contributed by atoms with Gasteiger partial charge in [0.05, 0.1) is 25.2 Å². The van der Waals surface area contributed by atoms with Crippen LogP contribution >= 0.6 is 0 Å². The molecule has 0 heterocycles. The van der Waals surface area contributed by atoms with E-state index >= 15 is 0 Å². The van der Waals surface area contributed by atoms with Crippen molar-refractivity contribution in [1.29, 1.82) is 0 Å². The fraction of sp³-hybridized carbons (Fsp3) is 0.806. The number of hydrogen-bond donors (Lipinski definition) is 3. The molecule has 68 heavy (non-hydrogen) atoms. The van der Waals surface area contributed by atoms with Gasteiger partial charge in [0.1, 0.15) is 6.10 Å². The molecular weight excluding hydrogens is 839 g/mol. The van der Waals surface area contributed by atoms with Gasteiger partial charge in [-0.15, -0.1) is 0 Å². The highest BCUT2D eigenvalue weighted by Crippen LogP contribution is 2.17. The molecule has 0 aliphatic rings. The van der Waals surface area contributed by atoms with Gasteiger partial charge in [0.15, 0.2) is 0 Å². The Morgan fingerprint density at radius 1 is 0.426 bits per heavy atom. The summed E-state index contributed by atoms with van der Waals surface area (Å²) in [6, 6.07) is -0.723. The number of nitrogens with one attached hydrogen (secondary N) is 1. The van der Waals surface area contributed by atoms with Crippen molar-refractivity contribution in [3.8, 4) is 0 Å². The third-order valence-electron chi connectivity index (χ3n) is 13.3. The number of ether oxygens (including phenoxy) is 1. The number of aliphatic hydroxyl groups excluding tert-OH is 2. The highest BCUT2D eigenvalue weighted by molar-refractivity contribution is 5.77. The Balaban J connectivity index is 4.66. The summed E-state index contributed by atoms with van der Waals surface area (Å²) >= 11 is 0. The van der Waals surface area contributed by atoms with E-state index in [1.807, 2.05) is 0 Å². The second-order valence-corrected chi connectivity index (χ2v) is 20.0. The molecule has 0 aliphatic heterocycles. The van der Waals surface area contributed by atoms with Crippen molar-refractivity contribution in [1.82, 2.24) is 5.32 Å². The molecule has 6 heteroatoms. The Morgan fingerprint density at radius 2 is 0.765 bits per heavy atom. The van der Waals surface area contributed by atoms with Crippen molar-refractivity contribution in [2.24, 2.45) is 0 Å². The van der Waals surface area contributed by atoms with Gasteiger partial charge in [0.2, 0.25) is 5.91 Å². The van der Waals surface area contributed by atoms with Gasteiger partial charge < -0.3 is 20.3 Å². The summed E-state index contributed by atoms with van der Waals surface area (Å²) in [6.07, 6.45) is 70.0. The van der Waals surface area contributed by atoms with Gasteiger partial charge in [-0.05, 0) is 89.9 Å². The van der Waals surface area contributed by atoms with Crippen molar-refractivity contribution in [2.75, 3.05) is 6.61 Å². The molecular formula is C62H113NO5. The second-order valence-electron chi connectivity index (χ2n) is 20.0. The third-order valence-corrected chi connectivity index (χ3v) is 13.3. The molecule has 0 fully saturated rings. The van der Waals surface area contributed by atoms with Gasteiger partial charge >= 0.3 is 5.97 Å². The SMILES string of the molecule is CCCCC/C=C\C/C=C\C/C=C\C/C=C\CCCC(CC(=O)NC(CO)C(O)CCCCCCCCCCCCCCCC)OC(=O)CCCCCCC/C=C/CCCCCCCCCCC. The minimum atomic E-state index is -0.805. The lowest BCUT2D eigenvalue weighted by Crippen LogP contribution is -2.46. The maximum absolute atomic E-state index is 13.3. The average molecular weight is 953 g/mol. The Bertz CT molecular complexity index is 1210. The lowest BCUT2D eigenvalue weighted by Gasteiger charge is -2.24. The summed E-state index contributed by atoms with van der Waals surface area (Å²) in [4.78, 5) is 26.3. The molecule has 6 nitrogen and oxygen atoms in total. The van der Waals surface area contributed by atoms with Crippen molar-refractivity contribution >= 4 is 11.9 Å². The van der Waals surface area contributed by atoms with Crippen LogP contribution in [0.2, 0.25) is 0 Å². The Hall–Kier alpha value is -2.44. The zero-order chi connectivity index (χ0) is 49.5. The predicted octanol–water partition coefficient (Wildman–Crippen LogP) is 18.4. The number of amides is 1. The molecule has 0 bridgehead atoms. The summed E-state index contributed by atoms with van der Waals surface area (Å²) in [5.74, 6) is -0.529. The first-order valence-electron chi connectivity index (χ1n) is 29.5. The van der Waals surface area contributed by atoms with Crippen molar-refractivity contribution in [3.05, 3.63) is 60.8 Å². The van der Waals surface area contributed by atoms with Crippen LogP contribution in [0.1, 0.15) is 297 Å².